The molecule has 1 N–H and O–H groups in total. The van der Waals surface area contributed by atoms with Crippen LogP contribution in [0, 0.1) is 0 Å². The number of carbonyl (C=O) groups excluding carboxylic acids is 1. The Hall–Kier alpha value is -4.03. The molecule has 0 saturated carbocycles. The number of aldehydes is 1. The molecule has 2 aliphatic rings. The number of fused-ring (bicyclic) bond motifs is 1. The van der Waals surface area contributed by atoms with Crippen LogP contribution in [0.2, 0.25) is 0 Å². The van der Waals surface area contributed by atoms with E-state index in [2.05, 4.69) is 24.8 Å². The van der Waals surface area contributed by atoms with Crippen LogP contribution in [0.25, 0.3) is 22.2 Å². The Bertz CT molecular complexity index is 1550. The van der Waals surface area contributed by atoms with E-state index in [4.69, 9.17) is 0 Å². The molecule has 0 radical (unpaired) electrons. The highest BCUT2D eigenvalue weighted by Crippen LogP contribution is 2.38. The average Bonchev–Trinajstić information content (AvgIpc) is 3.42. The number of rotatable bonds is 6. The quantitative estimate of drug-likeness (QED) is 0.337. The second-order valence-electron chi connectivity index (χ2n) is 10.9. The summed E-state index contributed by atoms with van der Waals surface area (Å²) in [5.41, 5.74) is 1.53. The Labute approximate surface area is 241 Å². The number of anilines is 2. The maximum atomic E-state index is 13.8. The Morgan fingerprint density at radius 3 is 2.45 bits per heavy atom. The molecule has 2 fully saturated rings. The number of aliphatic hydroxyl groups is 1. The third-order valence-corrected chi connectivity index (χ3v) is 8.26. The normalized spacial score (nSPS) is 19.8. The number of hydrogen-bond acceptors (Lipinski definition) is 8. The van der Waals surface area contributed by atoms with Gasteiger partial charge in [-0.3, -0.25) is 9.69 Å². The van der Waals surface area contributed by atoms with Gasteiger partial charge in [0.25, 0.3) is 0 Å². The number of alkyl halides is 3. The van der Waals surface area contributed by atoms with Gasteiger partial charge < -0.3 is 19.5 Å². The Morgan fingerprint density at radius 1 is 1.00 bits per heavy atom. The standard InChI is InChI=1S/C30H32F3N7O2/c1-20-18-38(13-14-39(20)27(19-41)40-12-6-21-3-2-9-34-28(21)40)26-5-4-23(30(31,32)33)15-25(26)22-16-35-29(36-17-22)37-10-7-24(42)8-11-37/h2-6,9,12,15-17,19-20,24,27,42H,7-8,10-11,13-14,18H2,1H3. The molecule has 0 amide bonds. The number of nitrogens with zero attached hydrogens (tertiary/aromatic N) is 7. The minimum atomic E-state index is -4.50. The predicted molar refractivity (Wildman–Crippen MR) is 153 cm³/mol. The number of pyridine rings is 1. The number of hydrogen-bond donors (Lipinski definition) is 1. The lowest BCUT2D eigenvalue weighted by molar-refractivity contribution is -0.137. The molecule has 0 aliphatic carbocycles. The molecule has 42 heavy (non-hydrogen) atoms. The van der Waals surface area contributed by atoms with Crippen molar-refractivity contribution in [2.45, 2.75) is 44.3 Å². The minimum absolute atomic E-state index is 0.0849. The van der Waals surface area contributed by atoms with Gasteiger partial charge in [-0.05, 0) is 56.2 Å². The molecule has 2 unspecified atom stereocenters. The van der Waals surface area contributed by atoms with Crippen molar-refractivity contribution in [2.75, 3.05) is 42.5 Å². The fourth-order valence-corrected chi connectivity index (χ4v) is 6.00. The van der Waals surface area contributed by atoms with E-state index in [0.29, 0.717) is 68.3 Å². The van der Waals surface area contributed by atoms with Crippen LogP contribution in [0.15, 0.2) is 61.2 Å². The first kappa shape index (κ1) is 28.1. The Kier molecular flexibility index (Phi) is 7.58. The first-order chi connectivity index (χ1) is 20.2. The highest BCUT2D eigenvalue weighted by atomic mass is 19.4. The predicted octanol–water partition coefficient (Wildman–Crippen LogP) is 4.38. The first-order valence-corrected chi connectivity index (χ1v) is 14.1. The van der Waals surface area contributed by atoms with E-state index in [1.54, 1.807) is 18.6 Å². The lowest BCUT2D eigenvalue weighted by Gasteiger charge is -2.44. The summed E-state index contributed by atoms with van der Waals surface area (Å²) in [6.45, 7) is 4.79. The van der Waals surface area contributed by atoms with Crippen LogP contribution in [0.1, 0.15) is 31.5 Å². The van der Waals surface area contributed by atoms with Gasteiger partial charge in [-0.1, -0.05) is 0 Å². The summed E-state index contributed by atoms with van der Waals surface area (Å²) in [6, 6.07) is 9.42. The van der Waals surface area contributed by atoms with E-state index < -0.39 is 17.9 Å². The van der Waals surface area contributed by atoms with Gasteiger partial charge in [0.05, 0.1) is 11.7 Å². The largest absolute Gasteiger partial charge is 0.416 e. The fraction of sp³-hybridized carbons (Fsp3) is 0.400. The number of benzene rings is 1. The highest BCUT2D eigenvalue weighted by molar-refractivity contribution is 5.79. The van der Waals surface area contributed by atoms with Crippen LogP contribution >= 0.6 is 0 Å². The Morgan fingerprint density at radius 2 is 1.76 bits per heavy atom. The molecule has 5 heterocycles. The smallest absolute Gasteiger partial charge is 0.393 e. The van der Waals surface area contributed by atoms with Gasteiger partial charge in [-0.25, -0.2) is 15.0 Å². The van der Waals surface area contributed by atoms with Crippen LogP contribution in [0.5, 0.6) is 0 Å². The molecule has 0 bridgehead atoms. The molecule has 220 valence electrons. The van der Waals surface area contributed by atoms with E-state index >= 15 is 0 Å². The number of carbonyl (C=O) groups is 1. The van der Waals surface area contributed by atoms with Crippen molar-refractivity contribution in [1.29, 1.82) is 0 Å². The second kappa shape index (κ2) is 11.3. The minimum Gasteiger partial charge on any atom is -0.393 e. The lowest BCUT2D eigenvalue weighted by atomic mass is 10.0. The first-order valence-electron chi connectivity index (χ1n) is 14.1. The van der Waals surface area contributed by atoms with Gasteiger partial charge in [0.1, 0.15) is 11.8 Å². The number of piperazine rings is 1. The molecule has 0 spiro atoms. The molecule has 6 rings (SSSR count). The number of aliphatic hydroxyl groups excluding tert-OH is 1. The molecule has 12 heteroatoms. The van der Waals surface area contributed by atoms with E-state index in [-0.39, 0.29) is 12.1 Å². The summed E-state index contributed by atoms with van der Waals surface area (Å²) in [6.07, 6.45) is 3.45. The van der Waals surface area contributed by atoms with Gasteiger partial charge in [0, 0.05) is 85.8 Å². The van der Waals surface area contributed by atoms with Gasteiger partial charge in [-0.15, -0.1) is 0 Å². The SMILES string of the molecule is CC1CN(c2ccc(C(F)(F)F)cc2-c2cnc(N3CCC(O)CC3)nc2)CCN1C(C=O)n1ccc2cccnc21. The molecule has 2 atom stereocenters. The van der Waals surface area contributed by atoms with Gasteiger partial charge in [-0.2, -0.15) is 13.2 Å². The zero-order chi connectivity index (χ0) is 29.4. The molecule has 4 aromatic rings. The van der Waals surface area contributed by atoms with Gasteiger partial charge >= 0.3 is 6.18 Å². The summed E-state index contributed by atoms with van der Waals surface area (Å²) in [4.78, 5) is 31.9. The number of piperidine rings is 1. The molecule has 2 aliphatic heterocycles. The van der Waals surface area contributed by atoms with Crippen LogP contribution in [-0.2, 0) is 11.0 Å². The topological polar surface area (TPSA) is 90.6 Å². The second-order valence-corrected chi connectivity index (χ2v) is 10.9. The van der Waals surface area contributed by atoms with Crippen LogP contribution in [0.3, 0.4) is 0 Å². The maximum absolute atomic E-state index is 13.8. The Balaban J connectivity index is 1.27. The summed E-state index contributed by atoms with van der Waals surface area (Å²) in [5, 5.41) is 10.7. The van der Waals surface area contributed by atoms with Gasteiger partial charge in [0.15, 0.2) is 6.29 Å². The third-order valence-electron chi connectivity index (χ3n) is 8.26. The molecule has 3 aromatic heterocycles. The fourth-order valence-electron chi connectivity index (χ4n) is 6.00. The lowest BCUT2D eigenvalue weighted by Crippen LogP contribution is -2.54. The van der Waals surface area contributed by atoms with Crippen molar-refractivity contribution >= 4 is 29.0 Å². The molecule has 9 nitrogen and oxygen atoms in total. The molecular weight excluding hydrogens is 547 g/mol. The van der Waals surface area contributed by atoms with Crippen molar-refractivity contribution in [1.82, 2.24) is 24.4 Å². The third kappa shape index (κ3) is 5.43. The van der Waals surface area contributed by atoms with Crippen molar-refractivity contribution in [3.8, 4) is 11.1 Å². The van der Waals surface area contributed by atoms with Crippen LogP contribution < -0.4 is 9.80 Å². The number of aromatic nitrogens is 4. The summed E-state index contributed by atoms with van der Waals surface area (Å²) in [5.74, 6) is 0.494. The molecule has 2 saturated heterocycles. The molecular formula is C30H32F3N7O2. The monoisotopic (exact) mass is 579 g/mol. The number of halogens is 3. The van der Waals surface area contributed by atoms with E-state index in [0.717, 1.165) is 29.5 Å². The van der Waals surface area contributed by atoms with Crippen LogP contribution in [-0.4, -0.2) is 80.7 Å². The molecule has 1 aromatic carbocycles. The van der Waals surface area contributed by atoms with Crippen LogP contribution in [0.4, 0.5) is 24.8 Å². The summed E-state index contributed by atoms with van der Waals surface area (Å²) < 4.78 is 43.2. The zero-order valence-electron chi connectivity index (χ0n) is 23.2. The van der Waals surface area contributed by atoms with E-state index in [9.17, 15) is 23.1 Å². The van der Waals surface area contributed by atoms with Gasteiger partial charge in [0.2, 0.25) is 5.95 Å². The summed E-state index contributed by atoms with van der Waals surface area (Å²) in [7, 11) is 0. The van der Waals surface area contributed by atoms with Crippen molar-refractivity contribution in [3.05, 3.63) is 66.7 Å². The van der Waals surface area contributed by atoms with Crippen molar-refractivity contribution in [3.63, 3.8) is 0 Å². The average molecular weight is 580 g/mol. The zero-order valence-corrected chi connectivity index (χ0v) is 23.2. The van der Waals surface area contributed by atoms with E-state index in [1.807, 2.05) is 40.8 Å². The summed E-state index contributed by atoms with van der Waals surface area (Å²) >= 11 is 0. The van der Waals surface area contributed by atoms with E-state index in [1.165, 1.54) is 6.07 Å². The highest BCUT2D eigenvalue weighted by Gasteiger charge is 2.34. The van der Waals surface area contributed by atoms with Crippen molar-refractivity contribution < 1.29 is 23.1 Å². The maximum Gasteiger partial charge on any atom is 0.416 e. The van der Waals surface area contributed by atoms with Crippen molar-refractivity contribution in [2.24, 2.45) is 0 Å².